The number of hydrogen-bond donors (Lipinski definition) is 1. The van der Waals surface area contributed by atoms with E-state index >= 15 is 0 Å². The van der Waals surface area contributed by atoms with Gasteiger partial charge in [0.1, 0.15) is 0 Å². The Labute approximate surface area is 125 Å². The Bertz CT molecular complexity index is 624. The van der Waals surface area contributed by atoms with Crippen molar-refractivity contribution in [1.29, 1.82) is 0 Å². The SMILES string of the molecule is CNc1ccccc1C(=O)N1CCCC1c1ccccc1. The molecule has 1 heterocycles. The molecular formula is C18H20N2O. The van der Waals surface area contributed by atoms with Crippen LogP contribution in [0.25, 0.3) is 0 Å². The number of rotatable bonds is 3. The molecular weight excluding hydrogens is 260 g/mol. The third-order valence-electron chi connectivity index (χ3n) is 4.12. The van der Waals surface area contributed by atoms with E-state index in [-0.39, 0.29) is 11.9 Å². The van der Waals surface area contributed by atoms with E-state index in [1.807, 2.05) is 54.4 Å². The number of benzene rings is 2. The Balaban J connectivity index is 1.90. The van der Waals surface area contributed by atoms with Gasteiger partial charge >= 0.3 is 0 Å². The molecule has 2 aromatic carbocycles. The van der Waals surface area contributed by atoms with E-state index in [1.54, 1.807) is 0 Å². The van der Waals surface area contributed by atoms with Gasteiger partial charge in [-0.05, 0) is 30.5 Å². The molecule has 0 spiro atoms. The summed E-state index contributed by atoms with van der Waals surface area (Å²) in [5.74, 6) is 0.117. The lowest BCUT2D eigenvalue weighted by Gasteiger charge is -2.26. The summed E-state index contributed by atoms with van der Waals surface area (Å²) in [4.78, 5) is 14.9. The van der Waals surface area contributed by atoms with Gasteiger partial charge in [0.05, 0.1) is 11.6 Å². The zero-order chi connectivity index (χ0) is 14.7. The van der Waals surface area contributed by atoms with Crippen LogP contribution in [0.2, 0.25) is 0 Å². The van der Waals surface area contributed by atoms with Crippen molar-refractivity contribution >= 4 is 11.6 Å². The number of anilines is 1. The minimum absolute atomic E-state index is 0.117. The first kappa shape index (κ1) is 13.7. The van der Waals surface area contributed by atoms with E-state index < -0.39 is 0 Å². The summed E-state index contributed by atoms with van der Waals surface area (Å²) in [5.41, 5.74) is 2.87. The maximum Gasteiger partial charge on any atom is 0.256 e. The van der Waals surface area contributed by atoms with Crippen LogP contribution in [0.1, 0.15) is 34.8 Å². The second-order valence-electron chi connectivity index (χ2n) is 5.36. The molecule has 0 aromatic heterocycles. The lowest BCUT2D eigenvalue weighted by atomic mass is 10.0. The van der Waals surface area contributed by atoms with E-state index in [1.165, 1.54) is 5.56 Å². The Morgan fingerprint density at radius 2 is 1.81 bits per heavy atom. The summed E-state index contributed by atoms with van der Waals surface area (Å²) < 4.78 is 0. The molecule has 3 heteroatoms. The summed E-state index contributed by atoms with van der Waals surface area (Å²) in [7, 11) is 1.85. The molecule has 2 aromatic rings. The van der Waals surface area contributed by atoms with E-state index in [4.69, 9.17) is 0 Å². The van der Waals surface area contributed by atoms with E-state index in [0.29, 0.717) is 0 Å². The highest BCUT2D eigenvalue weighted by Gasteiger charge is 2.31. The molecule has 0 aliphatic carbocycles. The maximum absolute atomic E-state index is 12.9. The Morgan fingerprint density at radius 1 is 1.10 bits per heavy atom. The van der Waals surface area contributed by atoms with Gasteiger partial charge < -0.3 is 10.2 Å². The van der Waals surface area contributed by atoms with Crippen LogP contribution >= 0.6 is 0 Å². The van der Waals surface area contributed by atoms with Crippen molar-refractivity contribution in [1.82, 2.24) is 4.90 Å². The van der Waals surface area contributed by atoms with Gasteiger partial charge in [-0.1, -0.05) is 42.5 Å². The first-order valence-electron chi connectivity index (χ1n) is 7.44. The van der Waals surface area contributed by atoms with Crippen molar-refractivity contribution in [2.45, 2.75) is 18.9 Å². The highest BCUT2D eigenvalue weighted by atomic mass is 16.2. The fourth-order valence-corrected chi connectivity index (χ4v) is 3.07. The van der Waals surface area contributed by atoms with Gasteiger partial charge in [-0.15, -0.1) is 0 Å². The first-order valence-corrected chi connectivity index (χ1v) is 7.44. The monoisotopic (exact) mass is 280 g/mol. The Kier molecular flexibility index (Phi) is 3.91. The van der Waals surface area contributed by atoms with Crippen LogP contribution < -0.4 is 5.32 Å². The number of hydrogen-bond acceptors (Lipinski definition) is 2. The minimum Gasteiger partial charge on any atom is -0.387 e. The minimum atomic E-state index is 0.117. The summed E-state index contributed by atoms with van der Waals surface area (Å²) in [6, 6.07) is 18.2. The van der Waals surface area contributed by atoms with E-state index in [0.717, 1.165) is 30.6 Å². The molecule has 1 N–H and O–H groups in total. The Morgan fingerprint density at radius 3 is 2.57 bits per heavy atom. The van der Waals surface area contributed by atoms with Crippen molar-refractivity contribution in [3.63, 3.8) is 0 Å². The van der Waals surface area contributed by atoms with Crippen LogP contribution in [-0.2, 0) is 0 Å². The van der Waals surface area contributed by atoms with Crippen LogP contribution in [0, 0.1) is 0 Å². The summed E-state index contributed by atoms with van der Waals surface area (Å²) in [5, 5.41) is 3.11. The highest BCUT2D eigenvalue weighted by Crippen LogP contribution is 2.33. The van der Waals surface area contributed by atoms with Crippen molar-refractivity contribution in [2.24, 2.45) is 0 Å². The number of amides is 1. The average Bonchev–Trinajstić information content (AvgIpc) is 3.04. The van der Waals surface area contributed by atoms with Crippen LogP contribution in [0.4, 0.5) is 5.69 Å². The van der Waals surface area contributed by atoms with Crippen LogP contribution in [-0.4, -0.2) is 24.4 Å². The predicted octanol–water partition coefficient (Wildman–Crippen LogP) is 3.71. The van der Waals surface area contributed by atoms with Crippen molar-refractivity contribution in [2.75, 3.05) is 18.9 Å². The Hall–Kier alpha value is -2.29. The number of nitrogens with zero attached hydrogens (tertiary/aromatic N) is 1. The summed E-state index contributed by atoms with van der Waals surface area (Å²) >= 11 is 0. The second-order valence-corrected chi connectivity index (χ2v) is 5.36. The fraction of sp³-hybridized carbons (Fsp3) is 0.278. The lowest BCUT2D eigenvalue weighted by molar-refractivity contribution is 0.0736. The topological polar surface area (TPSA) is 32.3 Å². The third kappa shape index (κ3) is 2.64. The average molecular weight is 280 g/mol. The molecule has 3 rings (SSSR count). The molecule has 1 atom stereocenters. The first-order chi connectivity index (χ1) is 10.3. The zero-order valence-electron chi connectivity index (χ0n) is 12.3. The normalized spacial score (nSPS) is 17.8. The molecule has 21 heavy (non-hydrogen) atoms. The molecule has 0 saturated carbocycles. The second kappa shape index (κ2) is 6.00. The largest absolute Gasteiger partial charge is 0.387 e. The summed E-state index contributed by atoms with van der Waals surface area (Å²) in [6.07, 6.45) is 2.10. The van der Waals surface area contributed by atoms with E-state index in [9.17, 15) is 4.79 Å². The zero-order valence-corrected chi connectivity index (χ0v) is 12.3. The quantitative estimate of drug-likeness (QED) is 0.929. The number of carbonyl (C=O) groups is 1. The molecule has 0 radical (unpaired) electrons. The molecule has 1 aliphatic heterocycles. The van der Waals surface area contributed by atoms with Gasteiger partial charge in [-0.2, -0.15) is 0 Å². The van der Waals surface area contributed by atoms with Crippen molar-refractivity contribution in [3.05, 3.63) is 65.7 Å². The molecule has 108 valence electrons. The predicted molar refractivity (Wildman–Crippen MR) is 85.4 cm³/mol. The van der Waals surface area contributed by atoms with Crippen molar-refractivity contribution < 1.29 is 4.79 Å². The van der Waals surface area contributed by atoms with Crippen LogP contribution in [0.15, 0.2) is 54.6 Å². The standard InChI is InChI=1S/C18H20N2O/c1-19-16-11-6-5-10-15(16)18(21)20-13-7-12-17(20)14-8-3-2-4-9-14/h2-6,8-11,17,19H,7,12-13H2,1H3. The lowest BCUT2D eigenvalue weighted by Crippen LogP contribution is -2.31. The highest BCUT2D eigenvalue weighted by molar-refractivity contribution is 6.00. The summed E-state index contributed by atoms with van der Waals surface area (Å²) in [6.45, 7) is 0.830. The molecule has 1 fully saturated rings. The van der Waals surface area contributed by atoms with Gasteiger partial charge in [0.15, 0.2) is 0 Å². The number of nitrogens with one attached hydrogen (secondary N) is 1. The molecule has 3 nitrogen and oxygen atoms in total. The molecule has 1 saturated heterocycles. The van der Waals surface area contributed by atoms with Crippen molar-refractivity contribution in [3.8, 4) is 0 Å². The smallest absolute Gasteiger partial charge is 0.256 e. The van der Waals surface area contributed by atoms with Crippen LogP contribution in [0.3, 0.4) is 0 Å². The van der Waals surface area contributed by atoms with Gasteiger partial charge in [0.2, 0.25) is 0 Å². The number of para-hydroxylation sites is 1. The fourth-order valence-electron chi connectivity index (χ4n) is 3.07. The molecule has 0 bridgehead atoms. The van der Waals surface area contributed by atoms with Gasteiger partial charge in [-0.25, -0.2) is 0 Å². The molecule has 1 aliphatic rings. The van der Waals surface area contributed by atoms with E-state index in [2.05, 4.69) is 17.4 Å². The van der Waals surface area contributed by atoms with Crippen LogP contribution in [0.5, 0.6) is 0 Å². The molecule has 1 unspecified atom stereocenters. The third-order valence-corrected chi connectivity index (χ3v) is 4.12. The maximum atomic E-state index is 12.9. The number of carbonyl (C=O) groups excluding carboxylic acids is 1. The number of likely N-dealkylation sites (tertiary alicyclic amines) is 1. The van der Waals surface area contributed by atoms with Gasteiger partial charge in [0, 0.05) is 19.3 Å². The van der Waals surface area contributed by atoms with Gasteiger partial charge in [-0.3, -0.25) is 4.79 Å². The molecule has 1 amide bonds. The van der Waals surface area contributed by atoms with Gasteiger partial charge in [0.25, 0.3) is 5.91 Å².